The van der Waals surface area contributed by atoms with Crippen LogP contribution in [0.5, 0.6) is 0 Å². The zero-order valence-corrected chi connectivity index (χ0v) is 15.4. The normalized spacial score (nSPS) is 18.8. The molecule has 0 aromatic carbocycles. The molecule has 2 N–H and O–H groups in total. The summed E-state index contributed by atoms with van der Waals surface area (Å²) in [4.78, 5) is 11.1. The van der Waals surface area contributed by atoms with Crippen LogP contribution in [-0.4, -0.2) is 50.3 Å². The van der Waals surface area contributed by atoms with Crippen LogP contribution in [0.2, 0.25) is 0 Å². The molecule has 2 rings (SSSR count). The van der Waals surface area contributed by atoms with E-state index in [1.165, 1.54) is 0 Å². The molecule has 1 saturated heterocycles. The Balaban J connectivity index is 1.80. The Morgan fingerprint density at radius 2 is 2.25 bits per heavy atom. The highest BCUT2D eigenvalue weighted by Gasteiger charge is 2.17. The zero-order valence-electron chi connectivity index (χ0n) is 15.4. The third kappa shape index (κ3) is 6.00. The molecule has 1 aliphatic heterocycles. The molecule has 6 nitrogen and oxygen atoms in total. The number of hydrogen-bond acceptors (Lipinski definition) is 4. The molecular weight excluding hydrogens is 302 g/mol. The molecule has 2 heterocycles. The predicted octanol–water partition coefficient (Wildman–Crippen LogP) is 2.02. The number of hydrogen-bond donors (Lipinski definition) is 2. The summed E-state index contributed by atoms with van der Waals surface area (Å²) >= 11 is 0. The van der Waals surface area contributed by atoms with Crippen molar-refractivity contribution in [1.82, 2.24) is 15.6 Å². The standard InChI is InChI=1S/C18H31N5O/c1-14(2)7-8-20-18(19-4)22-12-16-5-6-17(21-11-16)23-9-10-24-15(3)13-23/h5-6,11,14-15H,7-10,12-13H2,1-4H3,(H2,19,20,22). The van der Waals surface area contributed by atoms with E-state index in [9.17, 15) is 0 Å². The lowest BCUT2D eigenvalue weighted by molar-refractivity contribution is 0.0529. The fourth-order valence-electron chi connectivity index (χ4n) is 2.62. The van der Waals surface area contributed by atoms with Gasteiger partial charge in [0.25, 0.3) is 0 Å². The van der Waals surface area contributed by atoms with Gasteiger partial charge in [0.15, 0.2) is 5.96 Å². The van der Waals surface area contributed by atoms with Crippen molar-refractivity contribution in [2.24, 2.45) is 10.9 Å². The van der Waals surface area contributed by atoms with Gasteiger partial charge in [0, 0.05) is 39.4 Å². The van der Waals surface area contributed by atoms with Crippen LogP contribution in [0.4, 0.5) is 5.82 Å². The molecule has 0 bridgehead atoms. The molecule has 1 unspecified atom stereocenters. The monoisotopic (exact) mass is 333 g/mol. The molecule has 24 heavy (non-hydrogen) atoms. The summed E-state index contributed by atoms with van der Waals surface area (Å²) in [5.74, 6) is 2.55. The van der Waals surface area contributed by atoms with E-state index < -0.39 is 0 Å². The Morgan fingerprint density at radius 1 is 1.42 bits per heavy atom. The Bertz CT molecular complexity index is 515. The van der Waals surface area contributed by atoms with E-state index in [0.717, 1.165) is 50.0 Å². The number of ether oxygens (including phenoxy) is 1. The fraction of sp³-hybridized carbons (Fsp3) is 0.667. The van der Waals surface area contributed by atoms with E-state index in [4.69, 9.17) is 4.74 Å². The summed E-state index contributed by atoms with van der Waals surface area (Å²) in [5.41, 5.74) is 1.15. The average Bonchev–Trinajstić information content (AvgIpc) is 2.58. The summed E-state index contributed by atoms with van der Waals surface area (Å²) in [6.45, 7) is 10.8. The minimum atomic E-state index is 0.266. The number of nitrogens with one attached hydrogen (secondary N) is 2. The second-order valence-corrected chi connectivity index (χ2v) is 6.69. The largest absolute Gasteiger partial charge is 0.375 e. The average molecular weight is 333 g/mol. The fourth-order valence-corrected chi connectivity index (χ4v) is 2.62. The molecule has 1 fully saturated rings. The van der Waals surface area contributed by atoms with Gasteiger partial charge in [-0.25, -0.2) is 4.98 Å². The van der Waals surface area contributed by atoms with Crippen molar-refractivity contribution >= 4 is 11.8 Å². The smallest absolute Gasteiger partial charge is 0.191 e. The molecular formula is C18H31N5O. The van der Waals surface area contributed by atoms with Crippen LogP contribution >= 0.6 is 0 Å². The van der Waals surface area contributed by atoms with Gasteiger partial charge in [0.2, 0.25) is 0 Å². The highest BCUT2D eigenvalue weighted by Crippen LogP contribution is 2.15. The zero-order chi connectivity index (χ0) is 17.4. The summed E-state index contributed by atoms with van der Waals surface area (Å²) in [6, 6.07) is 4.21. The van der Waals surface area contributed by atoms with Crippen LogP contribution in [0.3, 0.4) is 0 Å². The molecule has 0 radical (unpaired) electrons. The summed E-state index contributed by atoms with van der Waals surface area (Å²) < 4.78 is 5.58. The van der Waals surface area contributed by atoms with Gasteiger partial charge < -0.3 is 20.3 Å². The van der Waals surface area contributed by atoms with Crippen LogP contribution in [0.1, 0.15) is 32.8 Å². The Morgan fingerprint density at radius 3 is 2.88 bits per heavy atom. The minimum absolute atomic E-state index is 0.266. The molecule has 0 spiro atoms. The van der Waals surface area contributed by atoms with Gasteiger partial charge in [-0.2, -0.15) is 0 Å². The van der Waals surface area contributed by atoms with E-state index >= 15 is 0 Å². The van der Waals surface area contributed by atoms with Crippen molar-refractivity contribution < 1.29 is 4.74 Å². The number of morpholine rings is 1. The van der Waals surface area contributed by atoms with Crippen LogP contribution in [0.25, 0.3) is 0 Å². The topological polar surface area (TPSA) is 61.8 Å². The van der Waals surface area contributed by atoms with Gasteiger partial charge in [-0.05, 0) is 30.9 Å². The molecule has 1 atom stereocenters. The number of aliphatic imine (C=N–C) groups is 1. The van der Waals surface area contributed by atoms with E-state index in [0.29, 0.717) is 12.5 Å². The molecule has 1 aromatic heterocycles. The van der Waals surface area contributed by atoms with E-state index in [1.807, 2.05) is 6.20 Å². The van der Waals surface area contributed by atoms with Crippen molar-refractivity contribution in [1.29, 1.82) is 0 Å². The quantitative estimate of drug-likeness (QED) is 0.616. The number of anilines is 1. The summed E-state index contributed by atoms with van der Waals surface area (Å²) in [7, 11) is 1.80. The second-order valence-electron chi connectivity index (χ2n) is 6.69. The molecule has 1 aliphatic rings. The molecule has 0 amide bonds. The molecule has 0 saturated carbocycles. The van der Waals surface area contributed by atoms with Crippen LogP contribution in [-0.2, 0) is 11.3 Å². The van der Waals surface area contributed by atoms with Gasteiger partial charge >= 0.3 is 0 Å². The van der Waals surface area contributed by atoms with E-state index in [-0.39, 0.29) is 6.10 Å². The SMILES string of the molecule is CN=C(NCCC(C)C)NCc1ccc(N2CCOC(C)C2)nc1. The number of pyridine rings is 1. The first kappa shape index (κ1) is 18.5. The first-order valence-electron chi connectivity index (χ1n) is 8.84. The first-order valence-corrected chi connectivity index (χ1v) is 8.84. The maximum absolute atomic E-state index is 5.58. The molecule has 134 valence electrons. The van der Waals surface area contributed by atoms with Crippen molar-refractivity contribution in [3.8, 4) is 0 Å². The van der Waals surface area contributed by atoms with Gasteiger partial charge in [0.1, 0.15) is 5.82 Å². The number of rotatable bonds is 6. The second kappa shape index (κ2) is 9.47. The predicted molar refractivity (Wildman–Crippen MR) is 99.5 cm³/mol. The van der Waals surface area contributed by atoms with Crippen molar-refractivity contribution in [3.05, 3.63) is 23.9 Å². The molecule has 6 heteroatoms. The van der Waals surface area contributed by atoms with Gasteiger partial charge in [-0.1, -0.05) is 19.9 Å². The molecule has 0 aliphatic carbocycles. The lowest BCUT2D eigenvalue weighted by atomic mass is 10.1. The van der Waals surface area contributed by atoms with E-state index in [1.54, 1.807) is 7.05 Å². The van der Waals surface area contributed by atoms with Gasteiger partial charge in [0.05, 0.1) is 12.7 Å². The third-order valence-corrected chi connectivity index (χ3v) is 4.07. The van der Waals surface area contributed by atoms with Crippen molar-refractivity contribution in [2.45, 2.75) is 39.8 Å². The van der Waals surface area contributed by atoms with Gasteiger partial charge in [-0.3, -0.25) is 4.99 Å². The third-order valence-electron chi connectivity index (χ3n) is 4.07. The van der Waals surface area contributed by atoms with Crippen LogP contribution in [0, 0.1) is 5.92 Å². The number of guanidine groups is 1. The summed E-state index contributed by atoms with van der Waals surface area (Å²) in [6.07, 6.45) is 3.33. The number of aromatic nitrogens is 1. The number of nitrogens with zero attached hydrogens (tertiary/aromatic N) is 3. The lowest BCUT2D eigenvalue weighted by Gasteiger charge is -2.32. The van der Waals surface area contributed by atoms with E-state index in [2.05, 4.69) is 58.4 Å². The van der Waals surface area contributed by atoms with Crippen molar-refractivity contribution in [2.75, 3.05) is 38.2 Å². The minimum Gasteiger partial charge on any atom is -0.375 e. The van der Waals surface area contributed by atoms with Gasteiger partial charge in [-0.15, -0.1) is 0 Å². The molecule has 1 aromatic rings. The Labute approximate surface area is 145 Å². The highest BCUT2D eigenvalue weighted by molar-refractivity contribution is 5.79. The lowest BCUT2D eigenvalue weighted by Crippen LogP contribution is -2.41. The Hall–Kier alpha value is -1.82. The maximum Gasteiger partial charge on any atom is 0.191 e. The summed E-state index contributed by atoms with van der Waals surface area (Å²) in [5, 5.41) is 6.67. The van der Waals surface area contributed by atoms with Crippen molar-refractivity contribution in [3.63, 3.8) is 0 Å². The first-order chi connectivity index (χ1) is 11.6. The van der Waals surface area contributed by atoms with Crippen LogP contribution < -0.4 is 15.5 Å². The maximum atomic E-state index is 5.58. The Kier molecular flexibility index (Phi) is 7.31. The van der Waals surface area contributed by atoms with Crippen LogP contribution in [0.15, 0.2) is 23.3 Å². The highest BCUT2D eigenvalue weighted by atomic mass is 16.5.